The summed E-state index contributed by atoms with van der Waals surface area (Å²) in [7, 11) is 0. The Morgan fingerprint density at radius 3 is 2.19 bits per heavy atom. The van der Waals surface area contributed by atoms with E-state index in [4.69, 9.17) is 34.8 Å². The van der Waals surface area contributed by atoms with Crippen LogP contribution in [0.2, 0.25) is 15.1 Å². The minimum atomic E-state index is 0.540. The minimum absolute atomic E-state index is 0.540. The van der Waals surface area contributed by atoms with Crippen molar-refractivity contribution in [3.05, 3.63) is 57.0 Å². The number of hydrogen-bond donors (Lipinski definition) is 0. The molecule has 0 N–H and O–H groups in total. The zero-order valence-corrected chi connectivity index (χ0v) is 10.9. The van der Waals surface area contributed by atoms with E-state index in [0.29, 0.717) is 10.0 Å². The smallest absolute Gasteiger partial charge is 0.0598 e. The van der Waals surface area contributed by atoms with Crippen LogP contribution >= 0.6 is 34.8 Å². The molecule has 0 fully saturated rings. The van der Waals surface area contributed by atoms with E-state index in [1.807, 2.05) is 37.3 Å². The van der Waals surface area contributed by atoms with Crippen molar-refractivity contribution in [3.63, 3.8) is 0 Å². The molecule has 82 valence electrons. The Balaban J connectivity index is 2.63. The quantitative estimate of drug-likeness (QED) is 0.631. The average molecular weight is 272 g/mol. The second kappa shape index (κ2) is 4.67. The van der Waals surface area contributed by atoms with Gasteiger partial charge in [0.15, 0.2) is 0 Å². The molecule has 0 unspecified atom stereocenters. The molecule has 3 heteroatoms. The third-order valence-corrected chi connectivity index (χ3v) is 3.48. The number of rotatable bonds is 1. The van der Waals surface area contributed by atoms with Crippen LogP contribution in [0.25, 0.3) is 11.1 Å². The van der Waals surface area contributed by atoms with Crippen molar-refractivity contribution < 1.29 is 0 Å². The van der Waals surface area contributed by atoms with Gasteiger partial charge in [-0.15, -0.1) is 0 Å². The molecule has 0 aromatic heterocycles. The molecule has 0 aliphatic rings. The van der Waals surface area contributed by atoms with Gasteiger partial charge in [-0.1, -0.05) is 53.0 Å². The summed E-state index contributed by atoms with van der Waals surface area (Å²) < 4.78 is 0. The van der Waals surface area contributed by atoms with Gasteiger partial charge in [-0.05, 0) is 36.2 Å². The van der Waals surface area contributed by atoms with Gasteiger partial charge in [0, 0.05) is 10.6 Å². The predicted octanol–water partition coefficient (Wildman–Crippen LogP) is 5.62. The Bertz CT molecular complexity index is 512. The lowest BCUT2D eigenvalue weighted by molar-refractivity contribution is 1.46. The van der Waals surface area contributed by atoms with E-state index in [1.54, 1.807) is 6.07 Å². The fourth-order valence-corrected chi connectivity index (χ4v) is 2.28. The van der Waals surface area contributed by atoms with Gasteiger partial charge in [-0.2, -0.15) is 0 Å². The van der Waals surface area contributed by atoms with E-state index in [9.17, 15) is 0 Å². The highest BCUT2D eigenvalue weighted by Crippen LogP contribution is 2.34. The third kappa shape index (κ3) is 2.20. The first-order chi connectivity index (χ1) is 7.59. The number of hydrogen-bond acceptors (Lipinski definition) is 0. The summed E-state index contributed by atoms with van der Waals surface area (Å²) >= 11 is 18.1. The monoisotopic (exact) mass is 270 g/mol. The van der Waals surface area contributed by atoms with Crippen LogP contribution in [0.15, 0.2) is 36.4 Å². The van der Waals surface area contributed by atoms with Crippen LogP contribution < -0.4 is 0 Å². The molecule has 0 bridgehead atoms. The summed E-state index contributed by atoms with van der Waals surface area (Å²) in [6, 6.07) is 11.3. The lowest BCUT2D eigenvalue weighted by Crippen LogP contribution is -1.84. The van der Waals surface area contributed by atoms with Crippen molar-refractivity contribution >= 4 is 34.8 Å². The molecule has 0 amide bonds. The van der Waals surface area contributed by atoms with Crippen molar-refractivity contribution in [1.82, 2.24) is 0 Å². The lowest BCUT2D eigenvalue weighted by Gasteiger charge is -2.09. The summed E-state index contributed by atoms with van der Waals surface area (Å²) in [6.45, 7) is 2.02. The summed E-state index contributed by atoms with van der Waals surface area (Å²) in [5.74, 6) is 0. The van der Waals surface area contributed by atoms with Crippen LogP contribution in [0.1, 0.15) is 5.56 Å². The molecule has 0 spiro atoms. The van der Waals surface area contributed by atoms with Gasteiger partial charge in [0.2, 0.25) is 0 Å². The second-order valence-corrected chi connectivity index (χ2v) is 4.78. The number of aryl methyl sites for hydroxylation is 1. The second-order valence-electron chi connectivity index (χ2n) is 3.56. The minimum Gasteiger partial charge on any atom is -0.0837 e. The van der Waals surface area contributed by atoms with Crippen molar-refractivity contribution in [2.75, 3.05) is 0 Å². The lowest BCUT2D eigenvalue weighted by atomic mass is 10.0. The van der Waals surface area contributed by atoms with E-state index >= 15 is 0 Å². The predicted molar refractivity (Wildman–Crippen MR) is 71.6 cm³/mol. The van der Waals surface area contributed by atoms with Gasteiger partial charge in [-0.3, -0.25) is 0 Å². The van der Waals surface area contributed by atoms with Crippen molar-refractivity contribution in [3.8, 4) is 11.1 Å². The maximum atomic E-state index is 6.18. The van der Waals surface area contributed by atoms with E-state index in [1.165, 1.54) is 0 Å². The molecule has 0 aliphatic heterocycles. The normalized spacial score (nSPS) is 10.5. The Hall–Kier alpha value is -0.690. The van der Waals surface area contributed by atoms with Crippen LogP contribution in [0, 0.1) is 6.92 Å². The highest BCUT2D eigenvalue weighted by atomic mass is 35.5. The molecular formula is C13H9Cl3. The van der Waals surface area contributed by atoms with Crippen LogP contribution in [0.5, 0.6) is 0 Å². The molecule has 0 aliphatic carbocycles. The van der Waals surface area contributed by atoms with Crippen molar-refractivity contribution in [1.29, 1.82) is 0 Å². The Morgan fingerprint density at radius 1 is 0.812 bits per heavy atom. The molecule has 0 radical (unpaired) electrons. The summed E-state index contributed by atoms with van der Waals surface area (Å²) in [5, 5.41) is 1.81. The Labute approximate surface area is 110 Å². The Morgan fingerprint density at radius 2 is 1.56 bits per heavy atom. The SMILES string of the molecule is Cc1cccc(Cl)c1-c1ccc(Cl)c(Cl)c1. The topological polar surface area (TPSA) is 0 Å². The molecule has 0 atom stereocenters. The highest BCUT2D eigenvalue weighted by Gasteiger charge is 2.08. The highest BCUT2D eigenvalue weighted by molar-refractivity contribution is 6.42. The first kappa shape index (κ1) is 11.8. The van der Waals surface area contributed by atoms with Gasteiger partial charge < -0.3 is 0 Å². The number of benzene rings is 2. The molecule has 2 aromatic carbocycles. The molecule has 2 aromatic rings. The number of halogens is 3. The first-order valence-corrected chi connectivity index (χ1v) is 5.93. The van der Waals surface area contributed by atoms with E-state index in [2.05, 4.69) is 0 Å². The molecular weight excluding hydrogens is 263 g/mol. The molecule has 0 saturated carbocycles. The zero-order valence-electron chi connectivity index (χ0n) is 8.60. The summed E-state index contributed by atoms with van der Waals surface area (Å²) in [5.41, 5.74) is 3.10. The summed E-state index contributed by atoms with van der Waals surface area (Å²) in [6.07, 6.45) is 0. The molecule has 2 rings (SSSR count). The van der Waals surface area contributed by atoms with Gasteiger partial charge in [0.1, 0.15) is 0 Å². The standard InChI is InChI=1S/C13H9Cl3/c1-8-3-2-4-11(15)13(8)9-5-6-10(14)12(16)7-9/h2-7H,1H3. The maximum Gasteiger partial charge on any atom is 0.0598 e. The first-order valence-electron chi connectivity index (χ1n) is 4.80. The maximum absolute atomic E-state index is 6.18. The summed E-state index contributed by atoms with van der Waals surface area (Å²) in [4.78, 5) is 0. The fraction of sp³-hybridized carbons (Fsp3) is 0.0769. The fourth-order valence-electron chi connectivity index (χ4n) is 1.65. The zero-order chi connectivity index (χ0) is 11.7. The van der Waals surface area contributed by atoms with Crippen LogP contribution in [0.3, 0.4) is 0 Å². The van der Waals surface area contributed by atoms with Gasteiger partial charge in [0.05, 0.1) is 10.0 Å². The van der Waals surface area contributed by atoms with Crippen LogP contribution in [0.4, 0.5) is 0 Å². The third-order valence-electron chi connectivity index (χ3n) is 2.43. The van der Waals surface area contributed by atoms with Crippen LogP contribution in [-0.4, -0.2) is 0 Å². The average Bonchev–Trinajstić information content (AvgIpc) is 2.23. The largest absolute Gasteiger partial charge is 0.0837 e. The molecule has 0 nitrogen and oxygen atoms in total. The van der Waals surface area contributed by atoms with Crippen molar-refractivity contribution in [2.24, 2.45) is 0 Å². The van der Waals surface area contributed by atoms with Crippen molar-refractivity contribution in [2.45, 2.75) is 6.92 Å². The van der Waals surface area contributed by atoms with E-state index < -0.39 is 0 Å². The molecule has 16 heavy (non-hydrogen) atoms. The Kier molecular flexibility index (Phi) is 3.44. The van der Waals surface area contributed by atoms with E-state index in [-0.39, 0.29) is 0 Å². The van der Waals surface area contributed by atoms with Gasteiger partial charge in [-0.25, -0.2) is 0 Å². The van der Waals surface area contributed by atoms with Gasteiger partial charge >= 0.3 is 0 Å². The van der Waals surface area contributed by atoms with Crippen LogP contribution in [-0.2, 0) is 0 Å². The molecule has 0 heterocycles. The van der Waals surface area contributed by atoms with E-state index in [0.717, 1.165) is 21.7 Å². The van der Waals surface area contributed by atoms with Gasteiger partial charge in [0.25, 0.3) is 0 Å². The molecule has 0 saturated heterocycles.